The van der Waals surface area contributed by atoms with E-state index in [-0.39, 0.29) is 0 Å². The average Bonchev–Trinajstić information content (AvgIpc) is 3.04. The van der Waals surface area contributed by atoms with E-state index in [9.17, 15) is 8.42 Å². The fraction of sp³-hybridized carbons (Fsp3) is 0.294. The van der Waals surface area contributed by atoms with Gasteiger partial charge in [0.1, 0.15) is 0 Å². The molecule has 22 heavy (non-hydrogen) atoms. The first-order valence-corrected chi connectivity index (χ1v) is 8.97. The Labute approximate surface area is 131 Å². The summed E-state index contributed by atoms with van der Waals surface area (Å²) in [6.07, 6.45) is 2.33. The molecule has 0 amide bonds. The van der Waals surface area contributed by atoms with Crippen LogP contribution in [-0.4, -0.2) is 21.5 Å². The first kappa shape index (κ1) is 14.9. The summed E-state index contributed by atoms with van der Waals surface area (Å²) in [6, 6.07) is 14.5. The van der Waals surface area contributed by atoms with Crippen molar-refractivity contribution < 1.29 is 8.42 Å². The zero-order valence-corrected chi connectivity index (χ0v) is 13.4. The maximum atomic E-state index is 12.5. The number of sulfonamides is 1. The number of anilines is 2. The summed E-state index contributed by atoms with van der Waals surface area (Å²) < 4.78 is 27.7. The van der Waals surface area contributed by atoms with Gasteiger partial charge < -0.3 is 4.90 Å². The van der Waals surface area contributed by atoms with E-state index in [1.165, 1.54) is 12.8 Å². The third kappa shape index (κ3) is 3.25. The molecule has 1 fully saturated rings. The van der Waals surface area contributed by atoms with Crippen LogP contribution >= 0.6 is 0 Å². The van der Waals surface area contributed by atoms with Crippen molar-refractivity contribution in [1.82, 2.24) is 0 Å². The number of rotatable bonds is 4. The van der Waals surface area contributed by atoms with Crippen LogP contribution < -0.4 is 9.62 Å². The Morgan fingerprint density at radius 3 is 2.36 bits per heavy atom. The smallest absolute Gasteiger partial charge is 0.261 e. The summed E-state index contributed by atoms with van der Waals surface area (Å²) in [5.41, 5.74) is 2.65. The molecule has 2 aromatic rings. The van der Waals surface area contributed by atoms with E-state index >= 15 is 0 Å². The van der Waals surface area contributed by atoms with E-state index in [1.807, 2.05) is 25.1 Å². The van der Waals surface area contributed by atoms with Crippen molar-refractivity contribution in [3.63, 3.8) is 0 Å². The minimum Gasteiger partial charge on any atom is -0.371 e. The van der Waals surface area contributed by atoms with Crippen LogP contribution in [0.15, 0.2) is 53.4 Å². The molecule has 0 radical (unpaired) electrons. The van der Waals surface area contributed by atoms with Crippen LogP contribution in [-0.2, 0) is 10.0 Å². The Morgan fingerprint density at radius 2 is 1.68 bits per heavy atom. The molecular weight excluding hydrogens is 296 g/mol. The van der Waals surface area contributed by atoms with Crippen LogP contribution in [0.4, 0.5) is 11.4 Å². The van der Waals surface area contributed by atoms with Gasteiger partial charge in [-0.25, -0.2) is 8.42 Å². The fourth-order valence-corrected chi connectivity index (χ4v) is 3.76. The van der Waals surface area contributed by atoms with Gasteiger partial charge in [-0.15, -0.1) is 0 Å². The van der Waals surface area contributed by atoms with Crippen molar-refractivity contribution in [3.8, 4) is 0 Å². The summed E-state index contributed by atoms with van der Waals surface area (Å²) in [5, 5.41) is 0. The normalized spacial score (nSPS) is 15.0. The molecule has 0 aliphatic carbocycles. The number of aryl methyl sites for hydroxylation is 1. The second kappa shape index (κ2) is 6.01. The molecule has 0 aromatic heterocycles. The maximum Gasteiger partial charge on any atom is 0.261 e. The summed E-state index contributed by atoms with van der Waals surface area (Å²) in [7, 11) is -3.55. The number of nitrogens with zero attached hydrogens (tertiary/aromatic N) is 1. The van der Waals surface area contributed by atoms with E-state index in [4.69, 9.17) is 0 Å². The van der Waals surface area contributed by atoms with Crippen molar-refractivity contribution in [2.45, 2.75) is 24.7 Å². The Hall–Kier alpha value is -2.01. The highest BCUT2D eigenvalue weighted by atomic mass is 32.2. The van der Waals surface area contributed by atoms with Crippen molar-refractivity contribution in [1.29, 1.82) is 0 Å². The predicted molar refractivity (Wildman–Crippen MR) is 89.9 cm³/mol. The molecule has 5 heteroatoms. The lowest BCUT2D eigenvalue weighted by atomic mass is 10.2. The second-order valence-electron chi connectivity index (χ2n) is 5.66. The minimum atomic E-state index is -3.55. The Morgan fingerprint density at radius 1 is 1.00 bits per heavy atom. The largest absolute Gasteiger partial charge is 0.371 e. The molecule has 1 aliphatic rings. The SMILES string of the molecule is Cc1ccc(NS(=O)(=O)c2cccc(N3CCCC3)c2)cc1. The number of hydrogen-bond donors (Lipinski definition) is 1. The first-order valence-electron chi connectivity index (χ1n) is 7.49. The van der Waals surface area contributed by atoms with Gasteiger partial charge in [0.25, 0.3) is 10.0 Å². The van der Waals surface area contributed by atoms with Crippen LogP contribution in [0.1, 0.15) is 18.4 Å². The van der Waals surface area contributed by atoms with E-state index in [0.717, 1.165) is 24.3 Å². The summed E-state index contributed by atoms with van der Waals surface area (Å²) >= 11 is 0. The molecule has 1 N–H and O–H groups in total. The molecule has 3 rings (SSSR count). The molecule has 1 aliphatic heterocycles. The number of hydrogen-bond acceptors (Lipinski definition) is 3. The van der Waals surface area contributed by atoms with Crippen LogP contribution in [0, 0.1) is 6.92 Å². The zero-order chi connectivity index (χ0) is 15.6. The van der Waals surface area contributed by atoms with Gasteiger partial charge in [-0.1, -0.05) is 23.8 Å². The first-order chi connectivity index (χ1) is 10.5. The molecule has 1 heterocycles. The van der Waals surface area contributed by atoms with Crippen molar-refractivity contribution in [3.05, 3.63) is 54.1 Å². The lowest BCUT2D eigenvalue weighted by Gasteiger charge is -2.18. The topological polar surface area (TPSA) is 49.4 Å². The molecule has 0 bridgehead atoms. The van der Waals surface area contributed by atoms with Gasteiger partial charge in [0.05, 0.1) is 4.90 Å². The standard InChI is InChI=1S/C17H20N2O2S/c1-14-7-9-15(10-8-14)18-22(20,21)17-6-4-5-16(13-17)19-11-2-3-12-19/h4-10,13,18H,2-3,11-12H2,1H3. The molecule has 0 spiro atoms. The molecule has 0 unspecified atom stereocenters. The van der Waals surface area contributed by atoms with E-state index in [1.54, 1.807) is 30.3 Å². The van der Waals surface area contributed by atoms with Crippen LogP contribution in [0.5, 0.6) is 0 Å². The third-order valence-corrected chi connectivity index (χ3v) is 5.28. The monoisotopic (exact) mass is 316 g/mol. The lowest BCUT2D eigenvalue weighted by molar-refractivity contribution is 0.601. The van der Waals surface area contributed by atoms with Crippen molar-refractivity contribution in [2.24, 2.45) is 0 Å². The zero-order valence-electron chi connectivity index (χ0n) is 12.6. The van der Waals surface area contributed by atoms with Gasteiger partial charge in [-0.2, -0.15) is 0 Å². The van der Waals surface area contributed by atoms with E-state index in [2.05, 4.69) is 9.62 Å². The Bertz CT molecular complexity index is 748. The number of nitrogens with one attached hydrogen (secondary N) is 1. The number of benzene rings is 2. The van der Waals surface area contributed by atoms with Crippen LogP contribution in [0.3, 0.4) is 0 Å². The maximum absolute atomic E-state index is 12.5. The lowest BCUT2D eigenvalue weighted by Crippen LogP contribution is -2.19. The average molecular weight is 316 g/mol. The van der Waals surface area contributed by atoms with Gasteiger partial charge in [0.15, 0.2) is 0 Å². The summed E-state index contributed by atoms with van der Waals surface area (Å²) in [5.74, 6) is 0. The van der Waals surface area contributed by atoms with Crippen LogP contribution in [0.2, 0.25) is 0 Å². The summed E-state index contributed by atoms with van der Waals surface area (Å²) in [6.45, 7) is 3.96. The van der Waals surface area contributed by atoms with E-state index in [0.29, 0.717) is 10.6 Å². The second-order valence-corrected chi connectivity index (χ2v) is 7.35. The highest BCUT2D eigenvalue weighted by Gasteiger charge is 2.18. The van der Waals surface area contributed by atoms with Gasteiger partial charge in [0.2, 0.25) is 0 Å². The fourth-order valence-electron chi connectivity index (χ4n) is 2.66. The summed E-state index contributed by atoms with van der Waals surface area (Å²) in [4.78, 5) is 2.53. The van der Waals surface area contributed by atoms with Crippen LogP contribution in [0.25, 0.3) is 0 Å². The van der Waals surface area contributed by atoms with E-state index < -0.39 is 10.0 Å². The quantitative estimate of drug-likeness (QED) is 0.940. The molecule has 116 valence electrons. The third-order valence-electron chi connectivity index (χ3n) is 3.90. The Kier molecular flexibility index (Phi) is 4.07. The van der Waals surface area contributed by atoms with Gasteiger partial charge >= 0.3 is 0 Å². The molecule has 2 aromatic carbocycles. The molecule has 4 nitrogen and oxygen atoms in total. The van der Waals surface area contributed by atoms with Gasteiger partial charge in [-0.3, -0.25) is 4.72 Å². The minimum absolute atomic E-state index is 0.303. The van der Waals surface area contributed by atoms with Gasteiger partial charge in [0, 0.05) is 24.5 Å². The molecule has 0 atom stereocenters. The van der Waals surface area contributed by atoms with Gasteiger partial charge in [-0.05, 0) is 50.1 Å². The van der Waals surface area contributed by atoms with Crippen molar-refractivity contribution >= 4 is 21.4 Å². The van der Waals surface area contributed by atoms with Crippen molar-refractivity contribution in [2.75, 3.05) is 22.7 Å². The highest BCUT2D eigenvalue weighted by Crippen LogP contribution is 2.24. The molecule has 0 saturated carbocycles. The Balaban J connectivity index is 1.85. The highest BCUT2D eigenvalue weighted by molar-refractivity contribution is 7.92. The molecular formula is C17H20N2O2S. The molecule has 1 saturated heterocycles. The predicted octanol–water partition coefficient (Wildman–Crippen LogP) is 3.40.